The molecule has 0 fully saturated rings. The molecule has 1 aromatic carbocycles. The Bertz CT molecular complexity index is 621. The van der Waals surface area contributed by atoms with Gasteiger partial charge in [0.1, 0.15) is 11.8 Å². The van der Waals surface area contributed by atoms with E-state index in [4.69, 9.17) is 21.1 Å². The van der Waals surface area contributed by atoms with E-state index in [1.807, 2.05) is 24.3 Å². The predicted molar refractivity (Wildman–Crippen MR) is 93.2 cm³/mol. The quantitative estimate of drug-likeness (QED) is 0.710. The molecule has 1 N–H and O–H groups in total. The second kappa shape index (κ2) is 10.4. The van der Waals surface area contributed by atoms with Gasteiger partial charge in [-0.05, 0) is 37.1 Å². The minimum atomic E-state index is 0. The average Bonchev–Trinajstić information content (AvgIpc) is 2.59. The van der Waals surface area contributed by atoms with Gasteiger partial charge in [-0.3, -0.25) is 0 Å². The zero-order chi connectivity index (χ0) is 16.7. The van der Waals surface area contributed by atoms with E-state index in [2.05, 4.69) is 24.1 Å². The molecule has 2 rings (SSSR count). The average molecular weight is 370 g/mol. The summed E-state index contributed by atoms with van der Waals surface area (Å²) in [5, 5.41) is 3.94. The van der Waals surface area contributed by atoms with Gasteiger partial charge in [0.25, 0.3) is 0 Å². The van der Waals surface area contributed by atoms with Crippen LogP contribution in [0.2, 0.25) is 5.15 Å². The molecule has 0 bridgehead atoms. The second-order valence-electron chi connectivity index (χ2n) is 5.45. The number of halogens is 2. The Balaban J connectivity index is 0.00000288. The maximum atomic E-state index is 5.83. The van der Waals surface area contributed by atoms with E-state index in [1.54, 1.807) is 19.4 Å². The Hall–Kier alpha value is -1.49. The third-order valence-corrected chi connectivity index (χ3v) is 3.90. The molecule has 0 saturated heterocycles. The fraction of sp³-hybridized carbons (Fsp3) is 0.389. The van der Waals surface area contributed by atoms with Gasteiger partial charge in [-0.25, -0.2) is 4.98 Å². The van der Waals surface area contributed by atoms with Crippen molar-refractivity contribution in [2.75, 3.05) is 7.11 Å². The fourth-order valence-electron chi connectivity index (χ4n) is 2.03. The monoisotopic (exact) mass is 369 g/mol. The highest BCUT2D eigenvalue weighted by molar-refractivity contribution is 6.29. The van der Waals surface area contributed by atoms with E-state index in [9.17, 15) is 0 Å². The molecule has 24 heavy (non-hydrogen) atoms. The number of benzene rings is 1. The van der Waals surface area contributed by atoms with Crippen molar-refractivity contribution in [3.8, 4) is 11.5 Å². The smallest absolute Gasteiger partial charge is 0.161 e. The lowest BCUT2D eigenvalue weighted by Gasteiger charge is -2.14. The number of nitrogens with one attached hydrogen (secondary N) is 1. The van der Waals surface area contributed by atoms with Crippen LogP contribution >= 0.6 is 11.6 Å². The summed E-state index contributed by atoms with van der Waals surface area (Å²) < 4.78 is 11.3. The topological polar surface area (TPSA) is 43.4 Å². The number of nitrogens with zero attached hydrogens (tertiary/aromatic N) is 1. The summed E-state index contributed by atoms with van der Waals surface area (Å²) in [4.78, 5) is 4.04. The fourth-order valence-corrected chi connectivity index (χ4v) is 2.14. The highest BCUT2D eigenvalue weighted by atomic mass is 35.5. The first kappa shape index (κ1) is 20.6. The van der Waals surface area contributed by atoms with E-state index in [-0.39, 0.29) is 12.4 Å². The summed E-state index contributed by atoms with van der Waals surface area (Å²) in [6.45, 7) is 5.58. The van der Waals surface area contributed by atoms with Crippen LogP contribution in [0.3, 0.4) is 0 Å². The molecular weight excluding hydrogens is 347 g/mol. The molecule has 0 amide bonds. The van der Waals surface area contributed by atoms with E-state index in [1.165, 1.54) is 5.56 Å². The standard InChI is InChI=1S/C18H23ClN2O2.ClH/c1-4-13(2)20-10-14-5-7-16(17(9-14)22-3)23-12-15-6-8-18(19)21-11-15;/h5-9,11,13,20H,4,10,12H2,1-3H3;1H/p-1. The van der Waals surface area contributed by atoms with E-state index in [0.29, 0.717) is 17.8 Å². The van der Waals surface area contributed by atoms with Gasteiger partial charge in [-0.1, -0.05) is 30.7 Å². The van der Waals surface area contributed by atoms with Gasteiger partial charge in [0.05, 0.1) is 7.11 Å². The molecule has 1 atom stereocenters. The highest BCUT2D eigenvalue weighted by Gasteiger charge is 2.07. The van der Waals surface area contributed by atoms with Crippen molar-refractivity contribution < 1.29 is 21.9 Å². The minimum absolute atomic E-state index is 0. The van der Waals surface area contributed by atoms with Crippen LogP contribution in [0.15, 0.2) is 36.5 Å². The molecule has 0 aliphatic rings. The lowest BCUT2D eigenvalue weighted by Crippen LogP contribution is -3.00. The number of aromatic nitrogens is 1. The first-order chi connectivity index (χ1) is 11.1. The number of hydrogen-bond donors (Lipinski definition) is 1. The lowest BCUT2D eigenvalue weighted by atomic mass is 10.1. The number of methoxy groups -OCH3 is 1. The van der Waals surface area contributed by atoms with Crippen LogP contribution in [0.25, 0.3) is 0 Å². The van der Waals surface area contributed by atoms with Crippen LogP contribution in [0.1, 0.15) is 31.4 Å². The highest BCUT2D eigenvalue weighted by Crippen LogP contribution is 2.29. The van der Waals surface area contributed by atoms with E-state index < -0.39 is 0 Å². The van der Waals surface area contributed by atoms with Crippen molar-refractivity contribution >= 4 is 11.6 Å². The van der Waals surface area contributed by atoms with Gasteiger partial charge in [-0.15, -0.1) is 0 Å². The maximum Gasteiger partial charge on any atom is 0.161 e. The normalized spacial score (nSPS) is 11.5. The zero-order valence-corrected chi connectivity index (χ0v) is 15.7. The minimum Gasteiger partial charge on any atom is -1.00 e. The third kappa shape index (κ3) is 6.19. The van der Waals surface area contributed by atoms with Gasteiger partial charge in [0.15, 0.2) is 11.5 Å². The summed E-state index contributed by atoms with van der Waals surface area (Å²) >= 11 is 5.78. The Morgan fingerprint density at radius 1 is 1.17 bits per heavy atom. The van der Waals surface area contributed by atoms with Gasteiger partial charge < -0.3 is 27.2 Å². The predicted octanol–water partition coefficient (Wildman–Crippen LogP) is 1.21. The molecule has 1 unspecified atom stereocenters. The van der Waals surface area contributed by atoms with Crippen LogP contribution in [-0.4, -0.2) is 18.1 Å². The van der Waals surface area contributed by atoms with Crippen LogP contribution in [0.4, 0.5) is 0 Å². The van der Waals surface area contributed by atoms with Gasteiger partial charge in [0.2, 0.25) is 0 Å². The zero-order valence-electron chi connectivity index (χ0n) is 14.2. The number of rotatable bonds is 8. The summed E-state index contributed by atoms with van der Waals surface area (Å²) in [5.74, 6) is 1.45. The molecule has 0 saturated carbocycles. The van der Waals surface area contributed by atoms with Gasteiger partial charge >= 0.3 is 0 Å². The van der Waals surface area contributed by atoms with Crippen LogP contribution in [0.5, 0.6) is 11.5 Å². The molecule has 0 spiro atoms. The SMILES string of the molecule is CCC(C)NCc1ccc(OCc2ccc(Cl)nc2)c(OC)c1.[Cl-]. The van der Waals surface area contributed by atoms with E-state index in [0.717, 1.165) is 30.0 Å². The van der Waals surface area contributed by atoms with Gasteiger partial charge in [-0.2, -0.15) is 0 Å². The molecule has 4 nitrogen and oxygen atoms in total. The van der Waals surface area contributed by atoms with E-state index >= 15 is 0 Å². The van der Waals surface area contributed by atoms with Crippen LogP contribution < -0.4 is 27.2 Å². The van der Waals surface area contributed by atoms with Crippen molar-refractivity contribution in [3.63, 3.8) is 0 Å². The first-order valence-electron chi connectivity index (χ1n) is 7.76. The third-order valence-electron chi connectivity index (χ3n) is 3.68. The Labute approximate surface area is 154 Å². The van der Waals surface area contributed by atoms with Gasteiger partial charge in [0, 0.05) is 24.3 Å². The van der Waals surface area contributed by atoms with Crippen LogP contribution in [0, 0.1) is 0 Å². The largest absolute Gasteiger partial charge is 1.00 e. The Morgan fingerprint density at radius 3 is 2.54 bits per heavy atom. The molecule has 1 aromatic heterocycles. The van der Waals surface area contributed by atoms with Crippen molar-refractivity contribution in [3.05, 3.63) is 52.8 Å². The van der Waals surface area contributed by atoms with Crippen LogP contribution in [-0.2, 0) is 13.2 Å². The molecule has 132 valence electrons. The van der Waals surface area contributed by atoms with Crippen molar-refractivity contribution in [2.24, 2.45) is 0 Å². The molecule has 0 aliphatic heterocycles. The van der Waals surface area contributed by atoms with Crippen molar-refractivity contribution in [1.29, 1.82) is 0 Å². The number of ether oxygens (including phenoxy) is 2. The molecule has 2 aromatic rings. The maximum absolute atomic E-state index is 5.83. The molecule has 6 heteroatoms. The summed E-state index contributed by atoms with van der Waals surface area (Å²) in [7, 11) is 1.65. The number of hydrogen-bond acceptors (Lipinski definition) is 4. The molecule has 1 heterocycles. The van der Waals surface area contributed by atoms with Crippen molar-refractivity contribution in [1.82, 2.24) is 10.3 Å². The van der Waals surface area contributed by atoms with Crippen molar-refractivity contribution in [2.45, 2.75) is 39.5 Å². The second-order valence-corrected chi connectivity index (χ2v) is 5.84. The lowest BCUT2D eigenvalue weighted by molar-refractivity contribution is -0.00000547. The summed E-state index contributed by atoms with van der Waals surface area (Å²) in [6, 6.07) is 10.1. The molecule has 0 radical (unpaired) electrons. The Morgan fingerprint density at radius 2 is 1.92 bits per heavy atom. The molecule has 0 aliphatic carbocycles. The summed E-state index contributed by atoms with van der Waals surface area (Å²) in [6.07, 6.45) is 2.81. The molecular formula is C18H23Cl2N2O2-. The number of pyridine rings is 1. The Kier molecular flexibility index (Phi) is 8.90. The first-order valence-corrected chi connectivity index (χ1v) is 8.13. The summed E-state index contributed by atoms with van der Waals surface area (Å²) in [5.41, 5.74) is 2.13.